The van der Waals surface area contributed by atoms with Gasteiger partial charge in [-0.2, -0.15) is 5.10 Å². The lowest BCUT2D eigenvalue weighted by atomic mass is 9.96. The van der Waals surface area contributed by atoms with Gasteiger partial charge in [0.05, 0.1) is 18.2 Å². The fourth-order valence-corrected chi connectivity index (χ4v) is 3.06. The van der Waals surface area contributed by atoms with Gasteiger partial charge < -0.3 is 5.32 Å². The maximum absolute atomic E-state index is 12.5. The maximum Gasteiger partial charge on any atom is 0.227 e. The van der Waals surface area contributed by atoms with Crippen molar-refractivity contribution in [3.63, 3.8) is 0 Å². The first kappa shape index (κ1) is 17.9. The Balaban J connectivity index is 1.59. The van der Waals surface area contributed by atoms with Gasteiger partial charge in [-0.15, -0.1) is 0 Å². The van der Waals surface area contributed by atoms with Crippen LogP contribution in [0.15, 0.2) is 60.9 Å². The SMILES string of the molecule is CC[C@H](C(=O)NCCn1nc(-c2cccnc2)cc1C)c1ccccc1. The number of aromatic nitrogens is 3. The Morgan fingerprint density at radius 1 is 1.19 bits per heavy atom. The van der Waals surface area contributed by atoms with Crippen LogP contribution >= 0.6 is 0 Å². The summed E-state index contributed by atoms with van der Waals surface area (Å²) in [6.45, 7) is 5.25. The van der Waals surface area contributed by atoms with E-state index in [1.807, 2.05) is 67.1 Å². The van der Waals surface area contributed by atoms with E-state index < -0.39 is 0 Å². The molecular weight excluding hydrogens is 324 g/mol. The van der Waals surface area contributed by atoms with E-state index in [1.54, 1.807) is 12.4 Å². The van der Waals surface area contributed by atoms with Crippen LogP contribution in [0.3, 0.4) is 0 Å². The third-order valence-electron chi connectivity index (χ3n) is 4.49. The van der Waals surface area contributed by atoms with Crippen molar-refractivity contribution in [1.82, 2.24) is 20.1 Å². The minimum Gasteiger partial charge on any atom is -0.354 e. The Hall–Kier alpha value is -2.95. The lowest BCUT2D eigenvalue weighted by Gasteiger charge is -2.15. The number of nitrogens with zero attached hydrogens (tertiary/aromatic N) is 3. The molecule has 5 heteroatoms. The van der Waals surface area contributed by atoms with Gasteiger partial charge >= 0.3 is 0 Å². The highest BCUT2D eigenvalue weighted by molar-refractivity contribution is 5.83. The summed E-state index contributed by atoms with van der Waals surface area (Å²) < 4.78 is 1.92. The van der Waals surface area contributed by atoms with Gasteiger partial charge in [-0.3, -0.25) is 14.5 Å². The molecule has 0 unspecified atom stereocenters. The van der Waals surface area contributed by atoms with Crippen molar-refractivity contribution < 1.29 is 4.79 Å². The van der Waals surface area contributed by atoms with Crippen LogP contribution < -0.4 is 5.32 Å². The number of nitrogens with one attached hydrogen (secondary N) is 1. The molecule has 1 aromatic carbocycles. The molecule has 5 nitrogen and oxygen atoms in total. The Kier molecular flexibility index (Phi) is 5.79. The number of amides is 1. The minimum atomic E-state index is -0.110. The smallest absolute Gasteiger partial charge is 0.227 e. The molecular formula is C21H24N4O. The van der Waals surface area contributed by atoms with Crippen LogP contribution in [0.4, 0.5) is 0 Å². The summed E-state index contributed by atoms with van der Waals surface area (Å²) in [6, 6.07) is 15.9. The molecule has 0 spiro atoms. The van der Waals surface area contributed by atoms with Crippen LogP contribution in [0.2, 0.25) is 0 Å². The number of hydrogen-bond donors (Lipinski definition) is 1. The van der Waals surface area contributed by atoms with E-state index in [0.717, 1.165) is 28.9 Å². The molecule has 0 radical (unpaired) electrons. The summed E-state index contributed by atoms with van der Waals surface area (Å²) >= 11 is 0. The van der Waals surface area contributed by atoms with E-state index in [2.05, 4.69) is 15.4 Å². The highest BCUT2D eigenvalue weighted by atomic mass is 16.1. The minimum absolute atomic E-state index is 0.0657. The molecule has 3 rings (SSSR count). The molecule has 0 aliphatic rings. The molecule has 1 amide bonds. The Morgan fingerprint density at radius 3 is 2.69 bits per heavy atom. The van der Waals surface area contributed by atoms with Crippen LogP contribution in [0.5, 0.6) is 0 Å². The first-order valence-electron chi connectivity index (χ1n) is 8.96. The Bertz CT molecular complexity index is 843. The summed E-state index contributed by atoms with van der Waals surface area (Å²) in [7, 11) is 0. The zero-order valence-corrected chi connectivity index (χ0v) is 15.2. The van der Waals surface area contributed by atoms with Crippen molar-refractivity contribution in [3.05, 3.63) is 72.2 Å². The van der Waals surface area contributed by atoms with Crippen LogP contribution in [0.1, 0.15) is 30.5 Å². The van der Waals surface area contributed by atoms with Gasteiger partial charge in [0.25, 0.3) is 0 Å². The van der Waals surface area contributed by atoms with E-state index in [1.165, 1.54) is 0 Å². The molecule has 0 aliphatic heterocycles. The highest BCUT2D eigenvalue weighted by Crippen LogP contribution is 2.19. The van der Waals surface area contributed by atoms with E-state index in [4.69, 9.17) is 0 Å². The van der Waals surface area contributed by atoms with Crippen molar-refractivity contribution in [2.75, 3.05) is 6.54 Å². The van der Waals surface area contributed by atoms with Gasteiger partial charge in [0.1, 0.15) is 0 Å². The predicted molar refractivity (Wildman–Crippen MR) is 103 cm³/mol. The van der Waals surface area contributed by atoms with E-state index in [-0.39, 0.29) is 11.8 Å². The van der Waals surface area contributed by atoms with Crippen molar-refractivity contribution in [2.24, 2.45) is 0 Å². The van der Waals surface area contributed by atoms with Gasteiger partial charge in [0.2, 0.25) is 5.91 Å². The summed E-state index contributed by atoms with van der Waals surface area (Å²) in [5.74, 6) is -0.0446. The Morgan fingerprint density at radius 2 is 2.00 bits per heavy atom. The second-order valence-electron chi connectivity index (χ2n) is 6.30. The number of hydrogen-bond acceptors (Lipinski definition) is 3. The number of carbonyl (C=O) groups is 1. The summed E-state index contributed by atoms with van der Waals surface area (Å²) in [6.07, 6.45) is 4.33. The van der Waals surface area contributed by atoms with Gasteiger partial charge in [0.15, 0.2) is 0 Å². The molecule has 2 aromatic heterocycles. The standard InChI is InChI=1S/C21H24N4O/c1-3-19(17-8-5-4-6-9-17)21(26)23-12-13-25-16(2)14-20(24-25)18-10-7-11-22-15-18/h4-11,14-15,19H,3,12-13H2,1-2H3,(H,23,26)/t19-/m0/s1. The average molecular weight is 348 g/mol. The van der Waals surface area contributed by atoms with Gasteiger partial charge in [0, 0.05) is 30.2 Å². The van der Waals surface area contributed by atoms with E-state index in [0.29, 0.717) is 13.1 Å². The first-order chi connectivity index (χ1) is 12.7. The Labute approximate surface area is 154 Å². The van der Waals surface area contributed by atoms with Crippen molar-refractivity contribution >= 4 is 5.91 Å². The van der Waals surface area contributed by atoms with Gasteiger partial charge in [-0.05, 0) is 37.1 Å². The summed E-state index contributed by atoms with van der Waals surface area (Å²) in [4.78, 5) is 16.7. The maximum atomic E-state index is 12.5. The third kappa shape index (κ3) is 4.17. The van der Waals surface area contributed by atoms with Crippen molar-refractivity contribution in [3.8, 4) is 11.3 Å². The molecule has 0 aliphatic carbocycles. The summed E-state index contributed by atoms with van der Waals surface area (Å²) in [5.41, 5.74) is 4.01. The quantitative estimate of drug-likeness (QED) is 0.710. The molecule has 0 saturated carbocycles. The molecule has 0 saturated heterocycles. The second-order valence-corrected chi connectivity index (χ2v) is 6.30. The first-order valence-corrected chi connectivity index (χ1v) is 8.96. The fraction of sp³-hybridized carbons (Fsp3) is 0.286. The number of carbonyl (C=O) groups excluding carboxylic acids is 1. The lowest BCUT2D eigenvalue weighted by molar-refractivity contribution is -0.122. The summed E-state index contributed by atoms with van der Waals surface area (Å²) in [5, 5.41) is 7.67. The fourth-order valence-electron chi connectivity index (χ4n) is 3.06. The highest BCUT2D eigenvalue weighted by Gasteiger charge is 2.18. The van der Waals surface area contributed by atoms with Crippen LogP contribution in [-0.4, -0.2) is 27.2 Å². The number of rotatable bonds is 7. The lowest BCUT2D eigenvalue weighted by Crippen LogP contribution is -2.32. The number of pyridine rings is 1. The number of aryl methyl sites for hydroxylation is 1. The van der Waals surface area contributed by atoms with E-state index >= 15 is 0 Å². The van der Waals surface area contributed by atoms with E-state index in [9.17, 15) is 4.79 Å². The van der Waals surface area contributed by atoms with Crippen molar-refractivity contribution in [1.29, 1.82) is 0 Å². The predicted octanol–water partition coefficient (Wildman–Crippen LogP) is 3.56. The topological polar surface area (TPSA) is 59.8 Å². The van der Waals surface area contributed by atoms with Gasteiger partial charge in [-0.1, -0.05) is 37.3 Å². The average Bonchev–Trinajstić information content (AvgIpc) is 3.05. The van der Waals surface area contributed by atoms with Crippen LogP contribution in [-0.2, 0) is 11.3 Å². The zero-order chi connectivity index (χ0) is 18.4. The van der Waals surface area contributed by atoms with Crippen molar-refractivity contribution in [2.45, 2.75) is 32.7 Å². The van der Waals surface area contributed by atoms with Crippen LogP contribution in [0, 0.1) is 6.92 Å². The zero-order valence-electron chi connectivity index (χ0n) is 15.2. The third-order valence-corrected chi connectivity index (χ3v) is 4.49. The molecule has 134 valence electrons. The molecule has 2 heterocycles. The normalized spacial score (nSPS) is 11.9. The molecule has 0 bridgehead atoms. The van der Waals surface area contributed by atoms with Crippen LogP contribution in [0.25, 0.3) is 11.3 Å². The largest absolute Gasteiger partial charge is 0.354 e. The number of benzene rings is 1. The molecule has 1 atom stereocenters. The molecule has 26 heavy (non-hydrogen) atoms. The monoisotopic (exact) mass is 348 g/mol. The molecule has 0 fully saturated rings. The van der Waals surface area contributed by atoms with Gasteiger partial charge in [-0.25, -0.2) is 0 Å². The second kappa shape index (κ2) is 8.43. The molecule has 3 aromatic rings. The molecule has 1 N–H and O–H groups in total.